The second kappa shape index (κ2) is 4.75. The van der Waals surface area contributed by atoms with E-state index in [2.05, 4.69) is 10.2 Å². The SMILES string of the molecule is CCC(N)c1nnc(CC2CCCC2)o1. The summed E-state index contributed by atoms with van der Waals surface area (Å²) in [7, 11) is 0. The van der Waals surface area contributed by atoms with Crippen molar-refractivity contribution in [2.45, 2.75) is 51.5 Å². The second-order valence-corrected chi connectivity index (χ2v) is 4.40. The van der Waals surface area contributed by atoms with Gasteiger partial charge in [-0.15, -0.1) is 10.2 Å². The zero-order valence-electron chi connectivity index (χ0n) is 9.28. The summed E-state index contributed by atoms with van der Waals surface area (Å²) in [6, 6.07) is -0.102. The van der Waals surface area contributed by atoms with Crippen LogP contribution in [0.4, 0.5) is 0 Å². The Morgan fingerprint density at radius 1 is 1.40 bits per heavy atom. The minimum absolute atomic E-state index is 0.102. The molecule has 84 valence electrons. The van der Waals surface area contributed by atoms with Crippen LogP contribution in [-0.2, 0) is 6.42 Å². The Balaban J connectivity index is 1.94. The van der Waals surface area contributed by atoms with Gasteiger partial charge in [0.15, 0.2) is 0 Å². The molecule has 15 heavy (non-hydrogen) atoms. The highest BCUT2D eigenvalue weighted by molar-refractivity contribution is 4.89. The number of nitrogens with two attached hydrogens (primary N) is 1. The number of rotatable bonds is 4. The van der Waals surface area contributed by atoms with Crippen molar-refractivity contribution in [3.05, 3.63) is 11.8 Å². The summed E-state index contributed by atoms with van der Waals surface area (Å²) in [6.45, 7) is 2.02. The van der Waals surface area contributed by atoms with Crippen LogP contribution in [0.3, 0.4) is 0 Å². The Morgan fingerprint density at radius 2 is 2.13 bits per heavy atom. The van der Waals surface area contributed by atoms with E-state index in [0.29, 0.717) is 5.89 Å². The highest BCUT2D eigenvalue weighted by atomic mass is 16.4. The fraction of sp³-hybridized carbons (Fsp3) is 0.818. The Morgan fingerprint density at radius 3 is 2.80 bits per heavy atom. The van der Waals surface area contributed by atoms with Gasteiger partial charge in [0, 0.05) is 6.42 Å². The molecule has 1 aliphatic carbocycles. The van der Waals surface area contributed by atoms with Crippen molar-refractivity contribution in [3.63, 3.8) is 0 Å². The minimum atomic E-state index is -0.102. The first-order valence-corrected chi connectivity index (χ1v) is 5.87. The maximum Gasteiger partial charge on any atom is 0.233 e. The molecule has 0 spiro atoms. The van der Waals surface area contributed by atoms with Gasteiger partial charge in [-0.1, -0.05) is 19.8 Å². The van der Waals surface area contributed by atoms with Crippen molar-refractivity contribution in [1.82, 2.24) is 10.2 Å². The van der Waals surface area contributed by atoms with E-state index in [1.54, 1.807) is 0 Å². The molecule has 1 heterocycles. The van der Waals surface area contributed by atoms with Gasteiger partial charge in [-0.25, -0.2) is 0 Å². The van der Waals surface area contributed by atoms with Gasteiger partial charge in [0.1, 0.15) is 0 Å². The minimum Gasteiger partial charge on any atom is -0.424 e. The molecule has 4 nitrogen and oxygen atoms in total. The van der Waals surface area contributed by atoms with Crippen LogP contribution in [0.5, 0.6) is 0 Å². The van der Waals surface area contributed by atoms with Gasteiger partial charge in [-0.3, -0.25) is 0 Å². The molecule has 0 bridgehead atoms. The molecule has 2 rings (SSSR count). The van der Waals surface area contributed by atoms with Crippen molar-refractivity contribution >= 4 is 0 Å². The normalized spacial score (nSPS) is 19.6. The lowest BCUT2D eigenvalue weighted by Gasteiger charge is -2.04. The lowest BCUT2D eigenvalue weighted by Crippen LogP contribution is -2.08. The predicted molar refractivity (Wildman–Crippen MR) is 57.2 cm³/mol. The third-order valence-electron chi connectivity index (χ3n) is 3.18. The van der Waals surface area contributed by atoms with Gasteiger partial charge in [-0.2, -0.15) is 0 Å². The molecule has 0 aromatic carbocycles. The monoisotopic (exact) mass is 209 g/mol. The topological polar surface area (TPSA) is 64.9 Å². The van der Waals surface area contributed by atoms with E-state index in [1.165, 1.54) is 25.7 Å². The van der Waals surface area contributed by atoms with Gasteiger partial charge in [0.05, 0.1) is 6.04 Å². The van der Waals surface area contributed by atoms with Gasteiger partial charge >= 0.3 is 0 Å². The standard InChI is InChI=1S/C11H19N3O/c1-2-9(12)11-14-13-10(15-11)7-8-5-3-4-6-8/h8-9H,2-7,12H2,1H3. The van der Waals surface area contributed by atoms with Gasteiger partial charge in [-0.05, 0) is 25.2 Å². The van der Waals surface area contributed by atoms with Crippen LogP contribution in [0, 0.1) is 5.92 Å². The highest BCUT2D eigenvalue weighted by Crippen LogP contribution is 2.27. The van der Waals surface area contributed by atoms with Gasteiger partial charge < -0.3 is 10.2 Å². The Bertz CT molecular complexity index is 305. The molecular formula is C11H19N3O. The summed E-state index contributed by atoms with van der Waals surface area (Å²) in [4.78, 5) is 0. The van der Waals surface area contributed by atoms with Crippen molar-refractivity contribution in [2.75, 3.05) is 0 Å². The lowest BCUT2D eigenvalue weighted by atomic mass is 10.0. The van der Waals surface area contributed by atoms with Gasteiger partial charge in [0.2, 0.25) is 11.8 Å². The lowest BCUT2D eigenvalue weighted by molar-refractivity contribution is 0.385. The predicted octanol–water partition coefficient (Wildman–Crippen LogP) is 2.21. The molecule has 1 atom stereocenters. The number of nitrogens with zero attached hydrogens (tertiary/aromatic N) is 2. The van der Waals surface area contributed by atoms with Crippen molar-refractivity contribution in [2.24, 2.45) is 11.7 Å². The van der Waals surface area contributed by atoms with E-state index in [9.17, 15) is 0 Å². The molecule has 0 saturated heterocycles. The third-order valence-corrected chi connectivity index (χ3v) is 3.18. The first-order chi connectivity index (χ1) is 7.29. The van der Waals surface area contributed by atoms with E-state index in [1.807, 2.05) is 6.92 Å². The molecule has 2 N–H and O–H groups in total. The van der Waals surface area contributed by atoms with Crippen LogP contribution in [0.25, 0.3) is 0 Å². The fourth-order valence-electron chi connectivity index (χ4n) is 2.13. The van der Waals surface area contributed by atoms with Crippen LogP contribution in [0.15, 0.2) is 4.42 Å². The zero-order valence-corrected chi connectivity index (χ0v) is 9.28. The van der Waals surface area contributed by atoms with Crippen LogP contribution in [-0.4, -0.2) is 10.2 Å². The Kier molecular flexibility index (Phi) is 3.36. The molecule has 1 saturated carbocycles. The largest absolute Gasteiger partial charge is 0.424 e. The van der Waals surface area contributed by atoms with E-state index in [-0.39, 0.29) is 6.04 Å². The summed E-state index contributed by atoms with van der Waals surface area (Å²) in [5, 5.41) is 8.04. The Labute approximate surface area is 90.3 Å². The van der Waals surface area contributed by atoms with Crippen LogP contribution < -0.4 is 5.73 Å². The summed E-state index contributed by atoms with van der Waals surface area (Å²) >= 11 is 0. The Hall–Kier alpha value is -0.900. The summed E-state index contributed by atoms with van der Waals surface area (Å²) < 4.78 is 5.55. The van der Waals surface area contributed by atoms with Crippen LogP contribution in [0.1, 0.15) is 56.9 Å². The molecule has 0 amide bonds. The van der Waals surface area contributed by atoms with Crippen LogP contribution in [0.2, 0.25) is 0 Å². The molecule has 1 unspecified atom stereocenters. The molecule has 1 fully saturated rings. The number of hydrogen-bond acceptors (Lipinski definition) is 4. The molecular weight excluding hydrogens is 190 g/mol. The molecule has 4 heteroatoms. The highest BCUT2D eigenvalue weighted by Gasteiger charge is 2.19. The first kappa shape index (κ1) is 10.6. The average molecular weight is 209 g/mol. The summed E-state index contributed by atoms with van der Waals surface area (Å²) in [5.74, 6) is 2.10. The molecule has 0 aliphatic heterocycles. The number of hydrogen-bond donors (Lipinski definition) is 1. The van der Waals surface area contributed by atoms with E-state index in [4.69, 9.17) is 10.2 Å². The number of aromatic nitrogens is 2. The third kappa shape index (κ3) is 2.56. The molecule has 1 aromatic rings. The summed E-state index contributed by atoms with van der Waals surface area (Å²) in [6.07, 6.45) is 7.07. The van der Waals surface area contributed by atoms with E-state index < -0.39 is 0 Å². The van der Waals surface area contributed by atoms with E-state index >= 15 is 0 Å². The van der Waals surface area contributed by atoms with Gasteiger partial charge in [0.25, 0.3) is 0 Å². The van der Waals surface area contributed by atoms with E-state index in [0.717, 1.165) is 24.7 Å². The van der Waals surface area contributed by atoms with Crippen molar-refractivity contribution < 1.29 is 4.42 Å². The maximum atomic E-state index is 5.82. The molecule has 1 aliphatic rings. The fourth-order valence-corrected chi connectivity index (χ4v) is 2.13. The molecule has 1 aromatic heterocycles. The quantitative estimate of drug-likeness (QED) is 0.825. The van der Waals surface area contributed by atoms with Crippen molar-refractivity contribution in [1.29, 1.82) is 0 Å². The maximum absolute atomic E-state index is 5.82. The summed E-state index contributed by atoms with van der Waals surface area (Å²) in [5.41, 5.74) is 5.82. The smallest absolute Gasteiger partial charge is 0.233 e. The molecule has 0 radical (unpaired) electrons. The van der Waals surface area contributed by atoms with Crippen LogP contribution >= 0.6 is 0 Å². The second-order valence-electron chi connectivity index (χ2n) is 4.40. The van der Waals surface area contributed by atoms with Crippen molar-refractivity contribution in [3.8, 4) is 0 Å². The zero-order chi connectivity index (χ0) is 10.7. The first-order valence-electron chi connectivity index (χ1n) is 5.87. The average Bonchev–Trinajstić information content (AvgIpc) is 2.88.